The average Bonchev–Trinajstić information content (AvgIpc) is 2.67. The van der Waals surface area contributed by atoms with Crippen molar-refractivity contribution < 1.29 is 14.3 Å². The summed E-state index contributed by atoms with van der Waals surface area (Å²) in [6.07, 6.45) is 1.67. The normalized spacial score (nSPS) is 14.4. The molecule has 1 aliphatic heterocycles. The summed E-state index contributed by atoms with van der Waals surface area (Å²) in [5, 5.41) is 0. The monoisotopic (exact) mass is 328 g/mol. The summed E-state index contributed by atoms with van der Waals surface area (Å²) in [6.45, 7) is 2.57. The maximum atomic E-state index is 12.7. The molecule has 1 amide bonds. The molecule has 0 saturated carbocycles. The van der Waals surface area contributed by atoms with E-state index in [0.29, 0.717) is 49.3 Å². The molecule has 7 nitrogen and oxygen atoms in total. The van der Waals surface area contributed by atoms with Gasteiger partial charge in [0.2, 0.25) is 11.8 Å². The highest BCUT2D eigenvalue weighted by atomic mass is 16.5. The fourth-order valence-electron chi connectivity index (χ4n) is 2.70. The predicted octanol–water partition coefficient (Wildman–Crippen LogP) is 1.46. The molecule has 0 atom stereocenters. The van der Waals surface area contributed by atoms with E-state index in [1.54, 1.807) is 38.6 Å². The number of rotatable bonds is 4. The van der Waals surface area contributed by atoms with E-state index in [9.17, 15) is 4.79 Å². The summed E-state index contributed by atoms with van der Waals surface area (Å²) in [7, 11) is 3.15. The van der Waals surface area contributed by atoms with Crippen molar-refractivity contribution in [2.45, 2.75) is 0 Å². The van der Waals surface area contributed by atoms with Crippen LogP contribution in [0.25, 0.3) is 0 Å². The Morgan fingerprint density at radius 3 is 2.50 bits per heavy atom. The molecule has 0 radical (unpaired) electrons. The maximum Gasteiger partial charge on any atom is 0.257 e. The zero-order valence-corrected chi connectivity index (χ0v) is 13.8. The largest absolute Gasteiger partial charge is 0.496 e. The summed E-state index contributed by atoms with van der Waals surface area (Å²) in [5.74, 6) is 1.74. The summed E-state index contributed by atoms with van der Waals surface area (Å²) in [6, 6.07) is 9.00. The van der Waals surface area contributed by atoms with Gasteiger partial charge in [-0.25, -0.2) is 4.98 Å². The van der Waals surface area contributed by atoms with Crippen molar-refractivity contribution in [2.24, 2.45) is 0 Å². The van der Waals surface area contributed by atoms with Crippen LogP contribution < -0.4 is 14.4 Å². The van der Waals surface area contributed by atoms with E-state index in [-0.39, 0.29) is 5.91 Å². The second-order valence-corrected chi connectivity index (χ2v) is 5.38. The van der Waals surface area contributed by atoms with Crippen LogP contribution in [0.15, 0.2) is 36.5 Å². The minimum absolute atomic E-state index is 0.0151. The number of anilines is 1. The van der Waals surface area contributed by atoms with Crippen molar-refractivity contribution in [1.82, 2.24) is 14.9 Å². The zero-order valence-electron chi connectivity index (χ0n) is 13.8. The van der Waals surface area contributed by atoms with Crippen molar-refractivity contribution in [3.63, 3.8) is 0 Å². The first-order valence-electron chi connectivity index (χ1n) is 7.77. The Kier molecular flexibility index (Phi) is 4.79. The van der Waals surface area contributed by atoms with Crippen molar-refractivity contribution >= 4 is 11.9 Å². The summed E-state index contributed by atoms with van der Waals surface area (Å²) < 4.78 is 10.4. The Balaban J connectivity index is 1.67. The lowest BCUT2D eigenvalue weighted by molar-refractivity contribution is 0.0743. The fourth-order valence-corrected chi connectivity index (χ4v) is 2.70. The van der Waals surface area contributed by atoms with E-state index in [2.05, 4.69) is 14.9 Å². The van der Waals surface area contributed by atoms with Gasteiger partial charge in [0.05, 0.1) is 19.8 Å². The lowest BCUT2D eigenvalue weighted by Gasteiger charge is -2.34. The van der Waals surface area contributed by atoms with Crippen LogP contribution in [0, 0.1) is 0 Å². The van der Waals surface area contributed by atoms with Crippen molar-refractivity contribution in [3.8, 4) is 11.6 Å². The lowest BCUT2D eigenvalue weighted by atomic mass is 10.1. The first kappa shape index (κ1) is 16.0. The molecular weight excluding hydrogens is 308 g/mol. The van der Waals surface area contributed by atoms with Gasteiger partial charge in [-0.05, 0) is 12.1 Å². The van der Waals surface area contributed by atoms with Crippen LogP contribution in [0.2, 0.25) is 0 Å². The summed E-state index contributed by atoms with van der Waals surface area (Å²) in [5.41, 5.74) is 0.589. The number of amides is 1. The van der Waals surface area contributed by atoms with Gasteiger partial charge >= 0.3 is 0 Å². The number of hydrogen-bond acceptors (Lipinski definition) is 6. The summed E-state index contributed by atoms with van der Waals surface area (Å²) >= 11 is 0. The first-order chi connectivity index (χ1) is 11.7. The second-order valence-electron chi connectivity index (χ2n) is 5.38. The Morgan fingerprint density at radius 1 is 1.04 bits per heavy atom. The molecule has 126 valence electrons. The van der Waals surface area contributed by atoms with Gasteiger partial charge in [-0.15, -0.1) is 0 Å². The van der Waals surface area contributed by atoms with Crippen LogP contribution in [-0.4, -0.2) is 61.2 Å². The van der Waals surface area contributed by atoms with Gasteiger partial charge in [-0.1, -0.05) is 12.1 Å². The maximum absolute atomic E-state index is 12.7. The molecule has 0 aliphatic carbocycles. The Morgan fingerprint density at radius 2 is 1.79 bits per heavy atom. The molecule has 1 saturated heterocycles. The van der Waals surface area contributed by atoms with E-state index in [0.717, 1.165) is 0 Å². The zero-order chi connectivity index (χ0) is 16.9. The van der Waals surface area contributed by atoms with Crippen LogP contribution in [-0.2, 0) is 0 Å². The van der Waals surface area contributed by atoms with Gasteiger partial charge in [-0.2, -0.15) is 4.98 Å². The van der Waals surface area contributed by atoms with Gasteiger partial charge in [-0.3, -0.25) is 4.79 Å². The quantitative estimate of drug-likeness (QED) is 0.846. The molecule has 24 heavy (non-hydrogen) atoms. The van der Waals surface area contributed by atoms with Crippen LogP contribution in [0.5, 0.6) is 11.6 Å². The first-order valence-corrected chi connectivity index (χ1v) is 7.77. The topological polar surface area (TPSA) is 67.8 Å². The van der Waals surface area contributed by atoms with Gasteiger partial charge in [0, 0.05) is 38.4 Å². The second kappa shape index (κ2) is 7.16. The van der Waals surface area contributed by atoms with Crippen molar-refractivity contribution in [1.29, 1.82) is 0 Å². The fraction of sp³-hybridized carbons (Fsp3) is 0.353. The molecule has 1 aromatic carbocycles. The number of benzene rings is 1. The summed E-state index contributed by atoms with van der Waals surface area (Å²) in [4.78, 5) is 25.2. The number of ether oxygens (including phenoxy) is 2. The molecule has 2 aromatic rings. The van der Waals surface area contributed by atoms with E-state index in [4.69, 9.17) is 9.47 Å². The van der Waals surface area contributed by atoms with Gasteiger partial charge in [0.15, 0.2) is 0 Å². The van der Waals surface area contributed by atoms with E-state index >= 15 is 0 Å². The lowest BCUT2D eigenvalue weighted by Crippen LogP contribution is -2.49. The van der Waals surface area contributed by atoms with Crippen molar-refractivity contribution in [2.75, 3.05) is 45.3 Å². The molecule has 1 aromatic heterocycles. The molecule has 2 heterocycles. The number of carbonyl (C=O) groups is 1. The molecule has 0 bridgehead atoms. The van der Waals surface area contributed by atoms with E-state index in [1.807, 2.05) is 17.0 Å². The number of methoxy groups -OCH3 is 2. The third-order valence-electron chi connectivity index (χ3n) is 4.01. The Labute approximate surface area is 140 Å². The highest BCUT2D eigenvalue weighted by Gasteiger charge is 2.25. The van der Waals surface area contributed by atoms with Crippen LogP contribution in [0.1, 0.15) is 10.4 Å². The Bertz CT molecular complexity index is 714. The smallest absolute Gasteiger partial charge is 0.257 e. The van der Waals surface area contributed by atoms with Crippen LogP contribution in [0.3, 0.4) is 0 Å². The molecule has 0 spiro atoms. The predicted molar refractivity (Wildman–Crippen MR) is 89.7 cm³/mol. The molecule has 3 rings (SSSR count). The van der Waals surface area contributed by atoms with E-state index in [1.165, 1.54) is 0 Å². The third-order valence-corrected chi connectivity index (χ3v) is 4.01. The highest BCUT2D eigenvalue weighted by Crippen LogP contribution is 2.21. The molecule has 0 unspecified atom stereocenters. The number of piperazine rings is 1. The Hall–Kier alpha value is -2.83. The average molecular weight is 328 g/mol. The number of aromatic nitrogens is 2. The van der Waals surface area contributed by atoms with Crippen LogP contribution >= 0.6 is 0 Å². The van der Waals surface area contributed by atoms with Crippen LogP contribution in [0.4, 0.5) is 5.95 Å². The third kappa shape index (κ3) is 3.24. The molecule has 1 aliphatic rings. The number of nitrogens with zero attached hydrogens (tertiary/aromatic N) is 4. The van der Waals surface area contributed by atoms with Gasteiger partial charge in [0.1, 0.15) is 5.75 Å². The highest BCUT2D eigenvalue weighted by molar-refractivity contribution is 5.97. The van der Waals surface area contributed by atoms with Crippen molar-refractivity contribution in [3.05, 3.63) is 42.1 Å². The molecular formula is C17H20N4O3. The molecule has 7 heteroatoms. The minimum Gasteiger partial charge on any atom is -0.496 e. The number of hydrogen-bond donors (Lipinski definition) is 0. The van der Waals surface area contributed by atoms with Gasteiger partial charge in [0.25, 0.3) is 5.91 Å². The SMILES string of the molecule is COc1ccnc(N2CCN(C(=O)c3ccccc3OC)CC2)n1. The standard InChI is InChI=1S/C17H20N4O3/c1-23-14-6-4-3-5-13(14)16(22)20-9-11-21(12-10-20)17-18-8-7-15(19-17)24-2/h3-8H,9-12H2,1-2H3. The molecule has 1 fully saturated rings. The van der Waals surface area contributed by atoms with Gasteiger partial charge < -0.3 is 19.3 Å². The minimum atomic E-state index is -0.0151. The van der Waals surface area contributed by atoms with E-state index < -0.39 is 0 Å². The number of carbonyl (C=O) groups excluding carboxylic acids is 1. The molecule has 0 N–H and O–H groups in total. The number of para-hydroxylation sites is 1.